The predicted molar refractivity (Wildman–Crippen MR) is 87.8 cm³/mol. The van der Waals surface area contributed by atoms with Gasteiger partial charge in [0.25, 0.3) is 0 Å². The average Bonchev–Trinajstić information content (AvgIpc) is 3.10. The number of likely N-dealkylation sites (tertiary alicyclic amines) is 1. The van der Waals surface area contributed by atoms with Crippen LogP contribution in [-0.4, -0.2) is 28.5 Å². The van der Waals surface area contributed by atoms with Gasteiger partial charge in [-0.2, -0.15) is 13.2 Å². The van der Waals surface area contributed by atoms with Gasteiger partial charge in [0.05, 0.1) is 17.7 Å². The lowest BCUT2D eigenvalue weighted by molar-refractivity contribution is -0.161. The number of nitrogens with zero attached hydrogens (tertiary/aromatic N) is 2. The van der Waals surface area contributed by atoms with Crippen LogP contribution in [0.25, 0.3) is 0 Å². The number of aromatic nitrogens is 1. The fourth-order valence-corrected chi connectivity index (χ4v) is 3.35. The van der Waals surface area contributed by atoms with E-state index in [1.54, 1.807) is 35.4 Å². The molecule has 1 fully saturated rings. The van der Waals surface area contributed by atoms with E-state index >= 15 is 0 Å². The minimum atomic E-state index is -4.46. The van der Waals surface area contributed by atoms with Crippen molar-refractivity contribution in [2.75, 3.05) is 6.54 Å². The lowest BCUT2D eigenvalue weighted by atomic mass is 9.94. The molecule has 0 saturated carbocycles. The maximum atomic E-state index is 13.5. The van der Waals surface area contributed by atoms with Gasteiger partial charge in [0, 0.05) is 19.2 Å². The highest BCUT2D eigenvalue weighted by atomic mass is 19.4. The summed E-state index contributed by atoms with van der Waals surface area (Å²) in [6.07, 6.45) is -1.90. The zero-order chi connectivity index (χ0) is 17.9. The van der Waals surface area contributed by atoms with Crippen molar-refractivity contribution in [3.05, 3.63) is 66.0 Å². The van der Waals surface area contributed by atoms with Gasteiger partial charge in [0.1, 0.15) is 0 Å². The Morgan fingerprint density at radius 2 is 1.88 bits per heavy atom. The summed E-state index contributed by atoms with van der Waals surface area (Å²) >= 11 is 0. The molecular formula is C19H19F3N2O. The molecule has 3 rings (SSSR count). The van der Waals surface area contributed by atoms with Crippen LogP contribution in [0.15, 0.2) is 54.7 Å². The van der Waals surface area contributed by atoms with Crippen molar-refractivity contribution in [3.63, 3.8) is 0 Å². The topological polar surface area (TPSA) is 33.2 Å². The van der Waals surface area contributed by atoms with Crippen molar-refractivity contribution in [1.29, 1.82) is 0 Å². The van der Waals surface area contributed by atoms with Gasteiger partial charge < -0.3 is 4.90 Å². The first-order chi connectivity index (χ1) is 12.0. The number of carbonyl (C=O) groups is 1. The predicted octanol–water partition coefficient (Wildman–Crippen LogP) is 4.48. The van der Waals surface area contributed by atoms with E-state index < -0.39 is 24.4 Å². The van der Waals surface area contributed by atoms with Crippen LogP contribution < -0.4 is 0 Å². The molecule has 0 unspecified atom stereocenters. The molecule has 3 nitrogen and oxygen atoms in total. The summed E-state index contributed by atoms with van der Waals surface area (Å²) < 4.78 is 40.5. The lowest BCUT2D eigenvalue weighted by Crippen LogP contribution is -2.34. The number of hydrogen-bond donors (Lipinski definition) is 0. The molecule has 0 radical (unpaired) electrons. The molecule has 2 atom stereocenters. The van der Waals surface area contributed by atoms with Gasteiger partial charge in [-0.25, -0.2) is 0 Å². The summed E-state index contributed by atoms with van der Waals surface area (Å²) in [7, 11) is 0. The second-order valence-corrected chi connectivity index (χ2v) is 6.21. The largest absolute Gasteiger partial charge is 0.396 e. The number of hydrogen-bond acceptors (Lipinski definition) is 2. The highest BCUT2D eigenvalue weighted by Crippen LogP contribution is 2.39. The van der Waals surface area contributed by atoms with E-state index in [0.29, 0.717) is 6.54 Å². The Balaban J connectivity index is 1.79. The molecule has 1 aromatic carbocycles. The highest BCUT2D eigenvalue weighted by molar-refractivity contribution is 5.78. The van der Waals surface area contributed by atoms with Gasteiger partial charge in [0.2, 0.25) is 5.91 Å². The fourth-order valence-electron chi connectivity index (χ4n) is 3.35. The molecule has 0 spiro atoms. The number of rotatable bonds is 4. The summed E-state index contributed by atoms with van der Waals surface area (Å²) in [6, 6.07) is 12.8. The second kappa shape index (κ2) is 7.25. The highest BCUT2D eigenvalue weighted by Gasteiger charge is 2.43. The van der Waals surface area contributed by atoms with Crippen molar-refractivity contribution in [2.24, 2.45) is 0 Å². The fraction of sp³-hybridized carbons (Fsp3) is 0.368. The van der Waals surface area contributed by atoms with Crippen LogP contribution >= 0.6 is 0 Å². The van der Waals surface area contributed by atoms with Gasteiger partial charge in [-0.3, -0.25) is 9.78 Å². The van der Waals surface area contributed by atoms with Crippen molar-refractivity contribution >= 4 is 5.91 Å². The molecule has 1 aliphatic rings. The molecule has 6 heteroatoms. The number of carbonyl (C=O) groups excluding carboxylic acids is 1. The smallest absolute Gasteiger partial charge is 0.334 e. The van der Waals surface area contributed by atoms with E-state index in [1.165, 1.54) is 12.1 Å². The summed E-state index contributed by atoms with van der Waals surface area (Å²) in [5.41, 5.74) is 0.855. The minimum Gasteiger partial charge on any atom is -0.334 e. The first kappa shape index (κ1) is 17.5. The van der Waals surface area contributed by atoms with Crippen molar-refractivity contribution in [2.45, 2.75) is 37.4 Å². The van der Waals surface area contributed by atoms with E-state index in [-0.39, 0.29) is 11.6 Å². The van der Waals surface area contributed by atoms with Gasteiger partial charge in [-0.15, -0.1) is 0 Å². The normalized spacial score (nSPS) is 19.0. The lowest BCUT2D eigenvalue weighted by Gasteiger charge is -2.27. The van der Waals surface area contributed by atoms with Crippen LogP contribution in [0, 0.1) is 0 Å². The molecule has 2 heterocycles. The molecule has 25 heavy (non-hydrogen) atoms. The molecule has 0 bridgehead atoms. The van der Waals surface area contributed by atoms with Crippen LogP contribution in [0.4, 0.5) is 13.2 Å². The molecule has 132 valence electrons. The Morgan fingerprint density at radius 1 is 1.16 bits per heavy atom. The van der Waals surface area contributed by atoms with E-state index in [1.807, 2.05) is 12.1 Å². The van der Waals surface area contributed by atoms with Crippen LogP contribution in [0.1, 0.15) is 42.5 Å². The summed E-state index contributed by atoms with van der Waals surface area (Å²) in [6.45, 7) is 0.472. The van der Waals surface area contributed by atoms with Gasteiger partial charge in [0.15, 0.2) is 0 Å². The third-order valence-corrected chi connectivity index (χ3v) is 4.58. The van der Waals surface area contributed by atoms with Gasteiger partial charge in [-0.05, 0) is 30.5 Å². The minimum absolute atomic E-state index is 0.122. The van der Waals surface area contributed by atoms with Crippen molar-refractivity contribution < 1.29 is 18.0 Å². The van der Waals surface area contributed by atoms with Crippen LogP contribution in [0.5, 0.6) is 0 Å². The summed E-state index contributed by atoms with van der Waals surface area (Å²) in [5, 5.41) is 0. The number of alkyl halides is 3. The number of halogens is 3. The van der Waals surface area contributed by atoms with Crippen LogP contribution in [0.3, 0.4) is 0 Å². The third-order valence-electron chi connectivity index (χ3n) is 4.58. The Bertz CT molecular complexity index is 704. The Kier molecular flexibility index (Phi) is 5.06. The number of benzene rings is 1. The molecule has 1 aromatic heterocycles. The first-order valence-corrected chi connectivity index (χ1v) is 8.29. The standard InChI is InChI=1S/C19H19F3N2O/c20-19(21,22)15(14-7-2-1-3-8-14)13-18(25)24-12-6-10-17(24)16-9-4-5-11-23-16/h1-5,7-9,11,15,17H,6,10,12-13H2/t15-,17-/m0/s1. The van der Waals surface area contributed by atoms with Crippen LogP contribution in [-0.2, 0) is 4.79 Å². The average molecular weight is 348 g/mol. The molecule has 0 N–H and O–H groups in total. The summed E-state index contributed by atoms with van der Waals surface area (Å²) in [5.74, 6) is -2.26. The molecule has 2 aromatic rings. The van der Waals surface area contributed by atoms with Gasteiger partial charge >= 0.3 is 6.18 Å². The third kappa shape index (κ3) is 4.00. The first-order valence-electron chi connectivity index (χ1n) is 8.29. The monoisotopic (exact) mass is 348 g/mol. The molecule has 1 aliphatic heterocycles. The Hall–Kier alpha value is -2.37. The number of pyridine rings is 1. The maximum Gasteiger partial charge on any atom is 0.396 e. The number of amides is 1. The SMILES string of the molecule is O=C(C[C@@H](c1ccccc1)C(F)(F)F)N1CCC[C@H]1c1ccccn1. The van der Waals surface area contributed by atoms with Crippen molar-refractivity contribution in [3.8, 4) is 0 Å². The van der Waals surface area contributed by atoms with Gasteiger partial charge in [-0.1, -0.05) is 36.4 Å². The zero-order valence-electron chi connectivity index (χ0n) is 13.6. The summed E-state index contributed by atoms with van der Waals surface area (Å²) in [4.78, 5) is 18.5. The van der Waals surface area contributed by atoms with E-state index in [4.69, 9.17) is 0 Å². The second-order valence-electron chi connectivity index (χ2n) is 6.21. The molecule has 1 amide bonds. The van der Waals surface area contributed by atoms with Crippen LogP contribution in [0.2, 0.25) is 0 Å². The molecule has 1 saturated heterocycles. The van der Waals surface area contributed by atoms with E-state index in [0.717, 1.165) is 18.5 Å². The molecule has 0 aliphatic carbocycles. The maximum absolute atomic E-state index is 13.5. The zero-order valence-corrected chi connectivity index (χ0v) is 13.6. The Morgan fingerprint density at radius 3 is 2.52 bits per heavy atom. The van der Waals surface area contributed by atoms with E-state index in [9.17, 15) is 18.0 Å². The van der Waals surface area contributed by atoms with E-state index in [2.05, 4.69) is 4.98 Å². The quantitative estimate of drug-likeness (QED) is 0.816. The molecular weight excluding hydrogens is 329 g/mol. The Labute approximate surface area is 144 Å². The van der Waals surface area contributed by atoms with Crippen molar-refractivity contribution in [1.82, 2.24) is 9.88 Å².